The molecule has 2 heterocycles. The van der Waals surface area contributed by atoms with Crippen LogP contribution < -0.4 is 16.4 Å². The van der Waals surface area contributed by atoms with Crippen molar-refractivity contribution in [3.05, 3.63) is 48.0 Å². The number of guanidine groups is 2. The van der Waals surface area contributed by atoms with Gasteiger partial charge in [0, 0.05) is 11.3 Å². The Morgan fingerprint density at radius 2 is 1.83 bits per heavy atom. The second-order valence-corrected chi connectivity index (χ2v) is 8.84. The fraction of sp³-hybridized carbons (Fsp3) is 0.318. The molecule has 2 aromatic carbocycles. The van der Waals surface area contributed by atoms with Crippen LogP contribution in [0, 0.1) is 6.92 Å². The third-order valence-corrected chi connectivity index (χ3v) is 6.92. The molecule has 6 nitrogen and oxygen atoms in total. The van der Waals surface area contributed by atoms with E-state index in [1.54, 1.807) is 11.3 Å². The van der Waals surface area contributed by atoms with Gasteiger partial charge in [0.05, 0.1) is 10.2 Å². The lowest BCUT2D eigenvalue weighted by atomic mass is 9.87. The first-order valence-electron chi connectivity index (χ1n) is 10.0. The monoisotopic (exact) mass is 404 g/mol. The topological polar surface area (TPSA) is 92.9 Å². The molecule has 5 rings (SSSR count). The Kier molecular flexibility index (Phi) is 4.28. The fourth-order valence-corrected chi connectivity index (χ4v) is 5.47. The summed E-state index contributed by atoms with van der Waals surface area (Å²) >= 11 is 1.71. The average Bonchev–Trinajstić information content (AvgIpc) is 3.13. The SMILES string of the molecule is Cc1cc(-c2nc3ccccc3s2)ccc1N1C(N)=NC(N)=NC12CCCCC2. The Labute approximate surface area is 174 Å². The molecule has 1 aromatic heterocycles. The molecule has 0 saturated heterocycles. The van der Waals surface area contributed by atoms with Crippen LogP contribution in [0.15, 0.2) is 52.4 Å². The highest BCUT2D eigenvalue weighted by Gasteiger charge is 2.43. The third kappa shape index (κ3) is 3.06. The molecule has 1 spiro atoms. The third-order valence-electron chi connectivity index (χ3n) is 5.83. The summed E-state index contributed by atoms with van der Waals surface area (Å²) in [4.78, 5) is 15.9. The maximum Gasteiger partial charge on any atom is 0.220 e. The lowest BCUT2D eigenvalue weighted by Gasteiger charge is -2.46. The highest BCUT2D eigenvalue weighted by Crippen LogP contribution is 2.41. The molecule has 2 aliphatic rings. The van der Waals surface area contributed by atoms with Gasteiger partial charge in [0.15, 0.2) is 0 Å². The standard InChI is InChI=1S/C22H24N6S/c1-14-13-15(19-25-16-7-3-4-8-18(16)29-19)9-10-17(14)28-21(24)26-20(23)27-22(28)11-5-2-6-12-22/h3-4,7-10,13H,2,5-6,11-12H2,1H3,(H4,23,24,26,27). The lowest BCUT2D eigenvalue weighted by Crippen LogP contribution is -2.58. The zero-order valence-electron chi connectivity index (χ0n) is 16.4. The number of hydrogen-bond donors (Lipinski definition) is 2. The quantitative estimate of drug-likeness (QED) is 0.663. The van der Waals surface area contributed by atoms with Crippen molar-refractivity contribution in [1.29, 1.82) is 0 Å². The summed E-state index contributed by atoms with van der Waals surface area (Å²) in [6.45, 7) is 2.11. The lowest BCUT2D eigenvalue weighted by molar-refractivity contribution is 0.305. The van der Waals surface area contributed by atoms with E-state index in [0.29, 0.717) is 5.96 Å². The van der Waals surface area contributed by atoms with E-state index >= 15 is 0 Å². The number of benzene rings is 2. The number of aromatic nitrogens is 1. The number of anilines is 1. The maximum absolute atomic E-state index is 6.38. The Hall–Kier alpha value is -2.93. The molecule has 0 bridgehead atoms. The number of para-hydroxylation sites is 1. The Morgan fingerprint density at radius 3 is 2.59 bits per heavy atom. The minimum atomic E-state index is -0.420. The van der Waals surface area contributed by atoms with E-state index in [2.05, 4.69) is 47.1 Å². The molecule has 1 saturated carbocycles. The molecule has 7 heteroatoms. The first-order valence-corrected chi connectivity index (χ1v) is 10.8. The first kappa shape index (κ1) is 18.1. The first-order chi connectivity index (χ1) is 14.1. The second-order valence-electron chi connectivity index (χ2n) is 7.81. The number of nitrogens with two attached hydrogens (primary N) is 2. The van der Waals surface area contributed by atoms with E-state index in [9.17, 15) is 0 Å². The number of thiazole rings is 1. The van der Waals surface area contributed by atoms with Crippen LogP contribution in [0.5, 0.6) is 0 Å². The molecule has 0 radical (unpaired) electrons. The normalized spacial score (nSPS) is 18.7. The minimum Gasteiger partial charge on any atom is -0.369 e. The predicted molar refractivity (Wildman–Crippen MR) is 121 cm³/mol. The van der Waals surface area contributed by atoms with Crippen LogP contribution in [-0.4, -0.2) is 22.6 Å². The molecule has 1 aliphatic carbocycles. The molecule has 0 atom stereocenters. The summed E-state index contributed by atoms with van der Waals surface area (Å²) in [7, 11) is 0. The van der Waals surface area contributed by atoms with Crippen molar-refractivity contribution in [2.24, 2.45) is 21.5 Å². The molecule has 148 valence electrons. The van der Waals surface area contributed by atoms with Crippen molar-refractivity contribution in [2.45, 2.75) is 44.7 Å². The molecule has 1 aliphatic heterocycles. The zero-order valence-corrected chi connectivity index (χ0v) is 17.2. The summed E-state index contributed by atoms with van der Waals surface area (Å²) in [5, 5.41) is 1.02. The average molecular weight is 405 g/mol. The van der Waals surface area contributed by atoms with Crippen LogP contribution >= 0.6 is 11.3 Å². The largest absolute Gasteiger partial charge is 0.369 e. The summed E-state index contributed by atoms with van der Waals surface area (Å²) < 4.78 is 1.20. The van der Waals surface area contributed by atoms with Crippen molar-refractivity contribution >= 4 is 39.2 Å². The summed E-state index contributed by atoms with van der Waals surface area (Å²) in [6, 6.07) is 14.6. The van der Waals surface area contributed by atoms with Gasteiger partial charge in [-0.1, -0.05) is 18.6 Å². The number of fused-ring (bicyclic) bond motifs is 1. The van der Waals surface area contributed by atoms with E-state index in [-0.39, 0.29) is 5.96 Å². The van der Waals surface area contributed by atoms with Crippen molar-refractivity contribution < 1.29 is 0 Å². The van der Waals surface area contributed by atoms with Crippen molar-refractivity contribution in [2.75, 3.05) is 4.90 Å². The van der Waals surface area contributed by atoms with Crippen LogP contribution in [0.4, 0.5) is 5.69 Å². The van der Waals surface area contributed by atoms with E-state index < -0.39 is 5.66 Å². The molecular weight excluding hydrogens is 380 g/mol. The van der Waals surface area contributed by atoms with Gasteiger partial charge < -0.3 is 11.5 Å². The zero-order chi connectivity index (χ0) is 20.0. The smallest absolute Gasteiger partial charge is 0.220 e. The van der Waals surface area contributed by atoms with Gasteiger partial charge in [-0.2, -0.15) is 4.99 Å². The van der Waals surface area contributed by atoms with Gasteiger partial charge >= 0.3 is 0 Å². The highest BCUT2D eigenvalue weighted by atomic mass is 32.1. The summed E-state index contributed by atoms with van der Waals surface area (Å²) in [5.74, 6) is 0.708. The highest BCUT2D eigenvalue weighted by molar-refractivity contribution is 7.21. The molecule has 1 fully saturated rings. The van der Waals surface area contributed by atoms with Gasteiger partial charge in [-0.3, -0.25) is 4.90 Å². The molecular formula is C22H24N6S. The van der Waals surface area contributed by atoms with Crippen molar-refractivity contribution in [3.8, 4) is 10.6 Å². The number of rotatable bonds is 2. The van der Waals surface area contributed by atoms with Crippen LogP contribution in [0.25, 0.3) is 20.8 Å². The van der Waals surface area contributed by atoms with E-state index in [4.69, 9.17) is 21.4 Å². The van der Waals surface area contributed by atoms with Gasteiger partial charge in [-0.15, -0.1) is 11.3 Å². The number of aryl methyl sites for hydroxylation is 1. The van der Waals surface area contributed by atoms with Gasteiger partial charge in [-0.05, 0) is 68.5 Å². The van der Waals surface area contributed by atoms with Gasteiger partial charge in [-0.25, -0.2) is 9.98 Å². The molecule has 3 aromatic rings. The maximum atomic E-state index is 6.38. The Bertz CT molecular complexity index is 1110. The van der Waals surface area contributed by atoms with Crippen molar-refractivity contribution in [1.82, 2.24) is 4.98 Å². The van der Waals surface area contributed by atoms with Gasteiger partial charge in [0.25, 0.3) is 0 Å². The number of hydrogen-bond acceptors (Lipinski definition) is 7. The van der Waals surface area contributed by atoms with Crippen LogP contribution in [0.2, 0.25) is 0 Å². The fourth-order valence-electron chi connectivity index (χ4n) is 4.50. The van der Waals surface area contributed by atoms with Crippen LogP contribution in [0.1, 0.15) is 37.7 Å². The van der Waals surface area contributed by atoms with Crippen LogP contribution in [-0.2, 0) is 0 Å². The van der Waals surface area contributed by atoms with E-state index in [1.165, 1.54) is 11.1 Å². The summed E-state index contributed by atoms with van der Waals surface area (Å²) in [5.41, 5.74) is 16.3. The Balaban J connectivity index is 1.56. The van der Waals surface area contributed by atoms with Gasteiger partial charge in [0.1, 0.15) is 10.7 Å². The molecule has 29 heavy (non-hydrogen) atoms. The number of aliphatic imine (C=N–C) groups is 2. The number of nitrogens with zero attached hydrogens (tertiary/aromatic N) is 4. The molecule has 0 unspecified atom stereocenters. The van der Waals surface area contributed by atoms with E-state index in [0.717, 1.165) is 53.0 Å². The molecule has 4 N–H and O–H groups in total. The predicted octanol–water partition coefficient (Wildman–Crippen LogP) is 4.38. The van der Waals surface area contributed by atoms with Crippen LogP contribution in [0.3, 0.4) is 0 Å². The van der Waals surface area contributed by atoms with Crippen molar-refractivity contribution in [3.63, 3.8) is 0 Å². The van der Waals surface area contributed by atoms with E-state index in [1.807, 2.05) is 12.1 Å². The summed E-state index contributed by atoms with van der Waals surface area (Å²) in [6.07, 6.45) is 5.32. The molecule has 0 amide bonds. The Morgan fingerprint density at radius 1 is 1.03 bits per heavy atom. The minimum absolute atomic E-state index is 0.282. The second kappa shape index (κ2) is 6.84. The van der Waals surface area contributed by atoms with Gasteiger partial charge in [0.2, 0.25) is 11.9 Å².